The Morgan fingerprint density at radius 2 is 1.70 bits per heavy atom. The Morgan fingerprint density at radius 1 is 0.933 bits per heavy atom. The van der Waals surface area contributed by atoms with E-state index in [4.69, 9.17) is 4.74 Å². The predicted octanol–water partition coefficient (Wildman–Crippen LogP) is 4.09. The standard InChI is InChI=1S/C26H38N2O2/c29-26(22-11-16-30-17-12-22)28-18-23-8-9-24(25(23)19-28)21-6-4-20(5-7-21)10-15-27-13-2-1-3-14-27/h4-7,22-25H,1-3,8-19H2. The summed E-state index contributed by atoms with van der Waals surface area (Å²) in [6, 6.07) is 9.52. The highest BCUT2D eigenvalue weighted by atomic mass is 16.5. The molecule has 164 valence electrons. The molecule has 30 heavy (non-hydrogen) atoms. The number of amides is 1. The molecule has 0 spiro atoms. The zero-order valence-electron chi connectivity index (χ0n) is 18.4. The fourth-order valence-corrected chi connectivity index (χ4v) is 6.46. The summed E-state index contributed by atoms with van der Waals surface area (Å²) in [6.45, 7) is 7.25. The first-order valence-corrected chi connectivity index (χ1v) is 12.5. The van der Waals surface area contributed by atoms with Gasteiger partial charge in [0.15, 0.2) is 0 Å². The Morgan fingerprint density at radius 3 is 2.47 bits per heavy atom. The molecule has 0 bridgehead atoms. The van der Waals surface area contributed by atoms with Crippen LogP contribution in [0.5, 0.6) is 0 Å². The molecule has 4 nitrogen and oxygen atoms in total. The van der Waals surface area contributed by atoms with Gasteiger partial charge in [-0.2, -0.15) is 0 Å². The summed E-state index contributed by atoms with van der Waals surface area (Å²) in [7, 11) is 0. The summed E-state index contributed by atoms with van der Waals surface area (Å²) in [5.74, 6) is 2.61. The molecular formula is C26H38N2O2. The Kier molecular flexibility index (Phi) is 6.42. The first-order chi connectivity index (χ1) is 14.8. The fourth-order valence-electron chi connectivity index (χ4n) is 6.46. The second kappa shape index (κ2) is 9.40. The Labute approximate surface area is 182 Å². The molecule has 0 aromatic heterocycles. The minimum absolute atomic E-state index is 0.204. The van der Waals surface area contributed by atoms with Crippen molar-refractivity contribution >= 4 is 5.91 Å². The zero-order valence-corrected chi connectivity index (χ0v) is 18.4. The molecule has 4 aliphatic rings. The van der Waals surface area contributed by atoms with Crippen molar-refractivity contribution in [2.45, 2.75) is 57.3 Å². The van der Waals surface area contributed by atoms with Crippen molar-refractivity contribution in [2.24, 2.45) is 17.8 Å². The van der Waals surface area contributed by atoms with Crippen LogP contribution < -0.4 is 0 Å². The van der Waals surface area contributed by atoms with Gasteiger partial charge in [0.25, 0.3) is 0 Å². The Bertz CT molecular complexity index is 706. The highest BCUT2D eigenvalue weighted by Gasteiger charge is 2.45. The van der Waals surface area contributed by atoms with Gasteiger partial charge in [-0.15, -0.1) is 0 Å². The van der Waals surface area contributed by atoms with Gasteiger partial charge >= 0.3 is 0 Å². The van der Waals surface area contributed by atoms with Crippen molar-refractivity contribution in [3.8, 4) is 0 Å². The van der Waals surface area contributed by atoms with Gasteiger partial charge in [0.2, 0.25) is 5.91 Å². The number of hydrogen-bond acceptors (Lipinski definition) is 3. The van der Waals surface area contributed by atoms with Gasteiger partial charge in [0, 0.05) is 38.8 Å². The molecule has 3 saturated heterocycles. The van der Waals surface area contributed by atoms with Crippen LogP contribution in [0.15, 0.2) is 24.3 Å². The molecule has 3 heterocycles. The smallest absolute Gasteiger partial charge is 0.225 e. The molecular weight excluding hydrogens is 372 g/mol. The van der Waals surface area contributed by atoms with Crippen LogP contribution >= 0.6 is 0 Å². The lowest BCUT2D eigenvalue weighted by Crippen LogP contribution is -2.37. The van der Waals surface area contributed by atoms with Gasteiger partial charge in [-0.3, -0.25) is 4.79 Å². The molecule has 4 heteroatoms. The molecule has 3 unspecified atom stereocenters. The molecule has 5 rings (SSSR count). The number of piperidine rings is 1. The summed E-state index contributed by atoms with van der Waals surface area (Å²) in [4.78, 5) is 17.8. The van der Waals surface area contributed by atoms with Crippen LogP contribution in [-0.4, -0.2) is 61.6 Å². The Hall–Kier alpha value is -1.39. The quantitative estimate of drug-likeness (QED) is 0.733. The van der Waals surface area contributed by atoms with E-state index in [-0.39, 0.29) is 5.92 Å². The number of likely N-dealkylation sites (tertiary alicyclic amines) is 2. The van der Waals surface area contributed by atoms with Crippen LogP contribution in [0, 0.1) is 17.8 Å². The maximum Gasteiger partial charge on any atom is 0.225 e. The summed E-state index contributed by atoms with van der Waals surface area (Å²) in [6.07, 6.45) is 9.72. The molecule has 1 aliphatic carbocycles. The van der Waals surface area contributed by atoms with E-state index >= 15 is 0 Å². The SMILES string of the molecule is O=C(C1CCOCC1)N1CC2CCC(c3ccc(CCN4CCCCC4)cc3)C2C1. The van der Waals surface area contributed by atoms with E-state index in [1.54, 1.807) is 0 Å². The van der Waals surface area contributed by atoms with Crippen molar-refractivity contribution in [3.63, 3.8) is 0 Å². The maximum absolute atomic E-state index is 13.0. The van der Waals surface area contributed by atoms with Crippen molar-refractivity contribution in [1.29, 1.82) is 0 Å². The lowest BCUT2D eigenvalue weighted by molar-refractivity contribution is -0.137. The number of ether oxygens (including phenoxy) is 1. The third kappa shape index (κ3) is 4.45. The largest absolute Gasteiger partial charge is 0.381 e. The van der Waals surface area contributed by atoms with E-state index < -0.39 is 0 Å². The molecule has 1 aromatic carbocycles. The second-order valence-corrected chi connectivity index (χ2v) is 10.1. The summed E-state index contributed by atoms with van der Waals surface area (Å²) in [5, 5.41) is 0. The van der Waals surface area contributed by atoms with Crippen LogP contribution in [0.4, 0.5) is 0 Å². The normalized spacial score (nSPS) is 30.5. The van der Waals surface area contributed by atoms with Crippen molar-refractivity contribution in [2.75, 3.05) is 45.9 Å². The minimum atomic E-state index is 0.204. The van der Waals surface area contributed by atoms with Crippen LogP contribution in [0.1, 0.15) is 62.0 Å². The van der Waals surface area contributed by atoms with E-state index in [1.807, 2.05) is 0 Å². The van der Waals surface area contributed by atoms with Crippen molar-refractivity contribution in [3.05, 3.63) is 35.4 Å². The van der Waals surface area contributed by atoms with Gasteiger partial charge in [-0.05, 0) is 86.9 Å². The second-order valence-electron chi connectivity index (χ2n) is 10.1. The number of hydrogen-bond donors (Lipinski definition) is 0. The van der Waals surface area contributed by atoms with E-state index in [9.17, 15) is 4.79 Å². The third-order valence-corrected chi connectivity index (χ3v) is 8.31. The van der Waals surface area contributed by atoms with Crippen LogP contribution in [-0.2, 0) is 16.0 Å². The number of rotatable bonds is 5. The first kappa shape index (κ1) is 20.5. The molecule has 3 aliphatic heterocycles. The molecule has 0 radical (unpaired) electrons. The van der Waals surface area contributed by atoms with E-state index in [2.05, 4.69) is 34.1 Å². The molecule has 1 saturated carbocycles. The number of nitrogens with zero attached hydrogens (tertiary/aromatic N) is 2. The van der Waals surface area contributed by atoms with Crippen LogP contribution in [0.2, 0.25) is 0 Å². The van der Waals surface area contributed by atoms with Crippen molar-refractivity contribution < 1.29 is 9.53 Å². The topological polar surface area (TPSA) is 32.8 Å². The predicted molar refractivity (Wildman–Crippen MR) is 120 cm³/mol. The summed E-state index contributed by atoms with van der Waals surface area (Å²) in [5.41, 5.74) is 2.98. The average Bonchev–Trinajstić information content (AvgIpc) is 3.40. The number of carbonyl (C=O) groups excluding carboxylic acids is 1. The summed E-state index contributed by atoms with van der Waals surface area (Å²) >= 11 is 0. The van der Waals surface area contributed by atoms with Gasteiger partial charge in [0.1, 0.15) is 0 Å². The lowest BCUT2D eigenvalue weighted by Gasteiger charge is -2.27. The van der Waals surface area contributed by atoms with E-state index in [0.29, 0.717) is 23.7 Å². The average molecular weight is 411 g/mol. The molecule has 1 amide bonds. The van der Waals surface area contributed by atoms with E-state index in [1.165, 1.54) is 69.3 Å². The van der Waals surface area contributed by atoms with Gasteiger partial charge < -0.3 is 14.5 Å². The third-order valence-electron chi connectivity index (χ3n) is 8.31. The van der Waals surface area contributed by atoms with Gasteiger partial charge in [0.05, 0.1) is 0 Å². The lowest BCUT2D eigenvalue weighted by atomic mass is 9.86. The molecule has 4 fully saturated rings. The minimum Gasteiger partial charge on any atom is -0.381 e. The number of benzene rings is 1. The van der Waals surface area contributed by atoms with Gasteiger partial charge in [-0.25, -0.2) is 0 Å². The number of carbonyl (C=O) groups is 1. The van der Waals surface area contributed by atoms with Crippen molar-refractivity contribution in [1.82, 2.24) is 9.80 Å². The molecule has 3 atom stereocenters. The first-order valence-electron chi connectivity index (χ1n) is 12.5. The Balaban J connectivity index is 1.16. The van der Waals surface area contributed by atoms with Gasteiger partial charge in [-0.1, -0.05) is 30.7 Å². The highest BCUT2D eigenvalue weighted by molar-refractivity contribution is 5.79. The van der Waals surface area contributed by atoms with Crippen LogP contribution in [0.3, 0.4) is 0 Å². The van der Waals surface area contributed by atoms with E-state index in [0.717, 1.165) is 39.1 Å². The molecule has 1 aromatic rings. The fraction of sp³-hybridized carbons (Fsp3) is 0.731. The summed E-state index contributed by atoms with van der Waals surface area (Å²) < 4.78 is 5.45. The van der Waals surface area contributed by atoms with Crippen LogP contribution in [0.25, 0.3) is 0 Å². The molecule has 0 N–H and O–H groups in total. The maximum atomic E-state index is 13.0. The number of fused-ring (bicyclic) bond motifs is 1. The monoisotopic (exact) mass is 410 g/mol. The highest BCUT2D eigenvalue weighted by Crippen LogP contribution is 2.48. The zero-order chi connectivity index (χ0) is 20.3.